The number of nitrogens with one attached hydrogen (secondary N) is 2. The van der Waals surface area contributed by atoms with E-state index in [1.165, 1.54) is 0 Å². The highest BCUT2D eigenvalue weighted by Crippen LogP contribution is 1.94. The van der Waals surface area contributed by atoms with Crippen molar-refractivity contribution >= 4 is 60.3 Å². The van der Waals surface area contributed by atoms with Gasteiger partial charge in [-0.3, -0.25) is 34.2 Å². The molecule has 4 atom stereocenters. The highest BCUT2D eigenvalue weighted by atomic mass is 32.1. The Balaban J connectivity index is -0.000000236. The number of esters is 1. The van der Waals surface area contributed by atoms with Gasteiger partial charge in [0.1, 0.15) is 24.7 Å². The van der Waals surface area contributed by atoms with Crippen LogP contribution in [0.4, 0.5) is 0 Å². The average Bonchev–Trinajstić information content (AvgIpc) is 2.91. The molecule has 22 heteroatoms. The van der Waals surface area contributed by atoms with Gasteiger partial charge in [0.05, 0.1) is 5.75 Å². The number of carbonyl (C=O) groups excluding carboxylic acids is 2. The number of nitrogens with two attached hydrogens (primary N) is 5. The summed E-state index contributed by atoms with van der Waals surface area (Å²) in [5.41, 5.74) is 25.0. The van der Waals surface area contributed by atoms with Crippen LogP contribution in [0.3, 0.4) is 0 Å². The van der Waals surface area contributed by atoms with Crippen LogP contribution in [0.5, 0.6) is 0 Å². The van der Waals surface area contributed by atoms with Crippen molar-refractivity contribution in [3.63, 3.8) is 0 Å². The van der Waals surface area contributed by atoms with Crippen molar-refractivity contribution < 1.29 is 68.9 Å². The number of carboxylic acid groups (broad SMARTS) is 5. The van der Waals surface area contributed by atoms with Crippen LogP contribution in [0.15, 0.2) is 0 Å². The van der Waals surface area contributed by atoms with E-state index >= 15 is 0 Å². The van der Waals surface area contributed by atoms with Gasteiger partial charge in [-0.15, -0.1) is 0 Å². The predicted octanol–water partition coefficient (Wildman–Crippen LogP) is -4.51. The summed E-state index contributed by atoms with van der Waals surface area (Å²) in [5.74, 6) is -7.16. The number of aliphatic hydroxyl groups excluding tert-OH is 1. The Morgan fingerprint density at radius 3 is 1.49 bits per heavy atom. The van der Waals surface area contributed by atoms with Crippen LogP contribution in [0, 0.1) is 5.41 Å². The standard InChI is InChI=1S/C6H14N4O2.C5H10N2O3.C5H9NO4.C5H8O5S/c7-4(5(11)12)2-1-3-10-6(8)9;2*6-3(5(9)10)1-2-4(7)8;6-3(5(8)9)1-10-4(7)2-11/h4H,1-3,7H2,(H,11,12)(H4,8,9,10);3H,1-2,6H2,(H2,7,8)(H,9,10);3H,1-2,6H2,(H,7,8)(H,9,10);3,6,11H,1-2H2,(H,8,9). The number of amides is 1. The topological polar surface area (TPSA) is 416 Å². The Bertz CT molecular complexity index is 875. The van der Waals surface area contributed by atoms with Gasteiger partial charge in [-0.25, -0.2) is 4.79 Å². The van der Waals surface area contributed by atoms with Crippen LogP contribution >= 0.6 is 12.6 Å². The minimum atomic E-state index is -1.65. The van der Waals surface area contributed by atoms with Crippen LogP contribution in [0.25, 0.3) is 0 Å². The molecule has 0 aromatic rings. The number of aliphatic hydroxyl groups is 1. The van der Waals surface area contributed by atoms with Crippen molar-refractivity contribution in [2.45, 2.75) is 62.8 Å². The Morgan fingerprint density at radius 1 is 0.744 bits per heavy atom. The largest absolute Gasteiger partial charge is 0.481 e. The number of thiol groups is 1. The van der Waals surface area contributed by atoms with Crippen LogP contribution in [-0.4, -0.2) is 121 Å². The minimum absolute atomic E-state index is 0.0213. The summed E-state index contributed by atoms with van der Waals surface area (Å²) in [4.78, 5) is 70.5. The van der Waals surface area contributed by atoms with Crippen molar-refractivity contribution in [2.75, 3.05) is 18.9 Å². The number of primary amides is 1. The Hall–Kier alpha value is -4.25. The second-order valence-electron chi connectivity index (χ2n) is 7.95. The summed E-state index contributed by atoms with van der Waals surface area (Å²) in [7, 11) is 0. The van der Waals surface area contributed by atoms with Gasteiger partial charge in [0.25, 0.3) is 0 Å². The maximum atomic E-state index is 10.3. The van der Waals surface area contributed by atoms with E-state index in [0.29, 0.717) is 19.4 Å². The molecule has 18 N–H and O–H groups in total. The lowest BCUT2D eigenvalue weighted by Gasteiger charge is -2.06. The highest BCUT2D eigenvalue weighted by Gasteiger charge is 2.15. The Morgan fingerprint density at radius 2 is 1.16 bits per heavy atom. The fourth-order valence-electron chi connectivity index (χ4n) is 1.78. The quantitative estimate of drug-likeness (QED) is 0.0232. The predicted molar refractivity (Wildman–Crippen MR) is 150 cm³/mol. The van der Waals surface area contributed by atoms with E-state index in [0.717, 1.165) is 0 Å². The van der Waals surface area contributed by atoms with Crippen LogP contribution in [0.1, 0.15) is 38.5 Å². The van der Waals surface area contributed by atoms with Crippen molar-refractivity contribution in [1.82, 2.24) is 5.32 Å². The first kappa shape index (κ1) is 45.7. The molecule has 0 aliphatic rings. The molecular weight excluding hydrogens is 606 g/mol. The summed E-state index contributed by atoms with van der Waals surface area (Å²) in [6.45, 7) is -0.0506. The molecule has 0 aromatic carbocycles. The van der Waals surface area contributed by atoms with E-state index in [1.54, 1.807) is 0 Å². The molecule has 0 aromatic heterocycles. The van der Waals surface area contributed by atoms with Gasteiger partial charge in [0, 0.05) is 19.4 Å². The van der Waals surface area contributed by atoms with Crippen LogP contribution in [-0.2, 0) is 38.3 Å². The maximum Gasteiger partial charge on any atom is 0.336 e. The fraction of sp³-hybridized carbons (Fsp3) is 0.619. The molecule has 1 amide bonds. The first-order valence-corrected chi connectivity index (χ1v) is 12.5. The molecule has 0 radical (unpaired) electrons. The number of hydrogen-bond acceptors (Lipinski definition) is 14. The number of hydrogen-bond donors (Lipinski definition) is 14. The SMILES string of the molecule is N=C(N)NCCCC(N)C(=O)O.NC(=O)CCC(N)C(=O)O.NC(CCC(=O)O)C(=O)O.O=C(CS)OCC(O)C(=O)O. The second kappa shape index (κ2) is 27.9. The Kier molecular flexibility index (Phi) is 29.7. The normalized spacial score (nSPS) is 12.3. The molecule has 0 spiro atoms. The minimum Gasteiger partial charge on any atom is -0.481 e. The molecule has 21 nitrogen and oxygen atoms in total. The molecule has 43 heavy (non-hydrogen) atoms. The lowest BCUT2D eigenvalue weighted by atomic mass is 10.2. The lowest BCUT2D eigenvalue weighted by Crippen LogP contribution is -2.34. The molecule has 0 saturated carbocycles. The van der Waals surface area contributed by atoms with Gasteiger partial charge in [0.2, 0.25) is 5.91 Å². The molecule has 4 unspecified atom stereocenters. The monoisotopic (exact) mass is 647 g/mol. The molecule has 0 saturated heterocycles. The second-order valence-corrected chi connectivity index (χ2v) is 8.27. The average molecular weight is 648 g/mol. The van der Waals surface area contributed by atoms with Gasteiger partial charge < -0.3 is 69.4 Å². The zero-order chi connectivity index (χ0) is 34.7. The fourth-order valence-corrected chi connectivity index (χ4v) is 1.87. The van der Waals surface area contributed by atoms with E-state index in [1.807, 2.05) is 0 Å². The zero-order valence-corrected chi connectivity index (χ0v) is 23.9. The van der Waals surface area contributed by atoms with Gasteiger partial charge in [-0.05, 0) is 25.7 Å². The van der Waals surface area contributed by atoms with Crippen LogP contribution < -0.4 is 34.0 Å². The third kappa shape index (κ3) is 37.8. The van der Waals surface area contributed by atoms with E-state index in [2.05, 4.69) is 22.7 Å². The Labute approximate surface area is 250 Å². The number of aliphatic carboxylic acids is 5. The first-order valence-electron chi connectivity index (χ1n) is 11.9. The van der Waals surface area contributed by atoms with Gasteiger partial charge in [0.15, 0.2) is 12.1 Å². The molecule has 0 rings (SSSR count). The number of carboxylic acids is 5. The molecule has 0 bridgehead atoms. The summed E-state index contributed by atoms with van der Waals surface area (Å²) < 4.78 is 4.27. The summed E-state index contributed by atoms with van der Waals surface area (Å²) in [6, 6.07) is -2.86. The third-order valence-electron chi connectivity index (χ3n) is 4.15. The molecular formula is C21H41N7O14S. The molecule has 250 valence electrons. The zero-order valence-electron chi connectivity index (χ0n) is 23.0. The lowest BCUT2D eigenvalue weighted by molar-refractivity contribution is -0.155. The number of guanidine groups is 1. The highest BCUT2D eigenvalue weighted by molar-refractivity contribution is 7.81. The van der Waals surface area contributed by atoms with E-state index in [9.17, 15) is 33.6 Å². The van der Waals surface area contributed by atoms with Crippen molar-refractivity contribution in [1.29, 1.82) is 5.41 Å². The van der Waals surface area contributed by atoms with E-state index in [4.69, 9.17) is 64.7 Å². The van der Waals surface area contributed by atoms with E-state index in [-0.39, 0.29) is 37.4 Å². The summed E-state index contributed by atoms with van der Waals surface area (Å²) in [6.07, 6.45) is -0.780. The van der Waals surface area contributed by atoms with Gasteiger partial charge in [-0.2, -0.15) is 12.6 Å². The number of ether oxygens (including phenoxy) is 1. The smallest absolute Gasteiger partial charge is 0.336 e. The van der Waals surface area contributed by atoms with Gasteiger partial charge in [-0.1, -0.05) is 0 Å². The maximum absolute atomic E-state index is 10.3. The van der Waals surface area contributed by atoms with Crippen molar-refractivity contribution in [3.8, 4) is 0 Å². The molecule has 0 fully saturated rings. The van der Waals surface area contributed by atoms with Gasteiger partial charge >= 0.3 is 35.8 Å². The summed E-state index contributed by atoms with van der Waals surface area (Å²) >= 11 is 3.57. The number of rotatable bonds is 17. The van der Waals surface area contributed by atoms with Crippen LogP contribution in [0.2, 0.25) is 0 Å². The summed E-state index contributed by atoms with van der Waals surface area (Å²) in [5, 5.41) is 58.9. The molecule has 0 heterocycles. The number of carbonyl (C=O) groups is 7. The first-order chi connectivity index (χ1) is 19.7. The third-order valence-corrected chi connectivity index (χ3v) is 4.40. The van der Waals surface area contributed by atoms with Crippen molar-refractivity contribution in [2.24, 2.45) is 28.7 Å². The molecule has 0 aliphatic carbocycles. The molecule has 0 aliphatic heterocycles. The van der Waals surface area contributed by atoms with Crippen molar-refractivity contribution in [3.05, 3.63) is 0 Å². The van der Waals surface area contributed by atoms with E-state index < -0.39 is 72.6 Å².